The molecule has 0 spiro atoms. The topological polar surface area (TPSA) is 80.8 Å². The summed E-state index contributed by atoms with van der Waals surface area (Å²) in [5.74, 6) is 1.32. The van der Waals surface area contributed by atoms with Gasteiger partial charge in [0.25, 0.3) is 0 Å². The van der Waals surface area contributed by atoms with Gasteiger partial charge < -0.3 is 15.0 Å². The summed E-state index contributed by atoms with van der Waals surface area (Å²) in [6.45, 7) is 3.65. The Hall–Kier alpha value is -2.51. The molecule has 2 N–H and O–H groups in total. The van der Waals surface area contributed by atoms with E-state index in [0.29, 0.717) is 12.5 Å². The van der Waals surface area contributed by atoms with E-state index in [9.17, 15) is 5.11 Å². The van der Waals surface area contributed by atoms with Crippen molar-refractivity contribution >= 4 is 0 Å². The second kappa shape index (κ2) is 7.39. The molecular formula is C19H24N6O. The maximum Gasteiger partial charge on any atom is 0.156 e. The van der Waals surface area contributed by atoms with Gasteiger partial charge in [0.05, 0.1) is 12.4 Å². The van der Waals surface area contributed by atoms with Gasteiger partial charge in [-0.3, -0.25) is 0 Å². The number of aliphatic hydroxyl groups excluding tert-OH is 1. The second-order valence-electron chi connectivity index (χ2n) is 7.09. The van der Waals surface area contributed by atoms with Crippen LogP contribution in [0.4, 0.5) is 0 Å². The summed E-state index contributed by atoms with van der Waals surface area (Å²) < 4.78 is 3.86. The van der Waals surface area contributed by atoms with Crippen molar-refractivity contribution in [3.63, 3.8) is 0 Å². The molecule has 7 nitrogen and oxygen atoms in total. The van der Waals surface area contributed by atoms with Crippen molar-refractivity contribution in [2.24, 2.45) is 5.92 Å². The zero-order chi connectivity index (χ0) is 17.9. The molecule has 1 aliphatic carbocycles. The van der Waals surface area contributed by atoms with Gasteiger partial charge >= 0.3 is 0 Å². The van der Waals surface area contributed by atoms with Crippen LogP contribution in [0.25, 0.3) is 5.82 Å². The van der Waals surface area contributed by atoms with E-state index in [2.05, 4.69) is 31.0 Å². The molecule has 0 amide bonds. The highest BCUT2D eigenvalue weighted by Gasteiger charge is 2.32. The number of aliphatic hydroxyl groups is 1. The molecule has 136 valence electrons. The predicted molar refractivity (Wildman–Crippen MR) is 97.7 cm³/mol. The Labute approximate surface area is 152 Å². The Morgan fingerprint density at radius 3 is 2.92 bits per heavy atom. The highest BCUT2D eigenvalue weighted by atomic mass is 16.3. The van der Waals surface area contributed by atoms with Gasteiger partial charge in [0.2, 0.25) is 0 Å². The highest BCUT2D eigenvalue weighted by Crippen LogP contribution is 2.28. The first kappa shape index (κ1) is 16.9. The molecule has 1 saturated carbocycles. The van der Waals surface area contributed by atoms with E-state index in [-0.39, 0.29) is 12.1 Å². The summed E-state index contributed by atoms with van der Waals surface area (Å²) >= 11 is 0. The van der Waals surface area contributed by atoms with E-state index in [4.69, 9.17) is 0 Å². The Morgan fingerprint density at radius 2 is 2.19 bits per heavy atom. The number of nitrogens with one attached hydrogen (secondary N) is 1. The first-order valence-corrected chi connectivity index (χ1v) is 9.02. The van der Waals surface area contributed by atoms with Crippen molar-refractivity contribution in [2.45, 2.75) is 45.0 Å². The van der Waals surface area contributed by atoms with Gasteiger partial charge in [-0.1, -0.05) is 0 Å². The SMILES string of the molecule is Cc1cc(CN[C@@H]2CC(Cn3ccnc3)C[C@H]2O)cnc1-n1cccn1. The Bertz CT molecular complexity index is 830. The molecule has 3 heterocycles. The molecule has 0 bridgehead atoms. The van der Waals surface area contributed by atoms with E-state index in [0.717, 1.165) is 36.3 Å². The van der Waals surface area contributed by atoms with Gasteiger partial charge in [0.1, 0.15) is 0 Å². The van der Waals surface area contributed by atoms with Gasteiger partial charge in [0, 0.05) is 50.1 Å². The van der Waals surface area contributed by atoms with Crippen molar-refractivity contribution in [1.82, 2.24) is 29.6 Å². The van der Waals surface area contributed by atoms with E-state index in [1.807, 2.05) is 37.9 Å². The lowest BCUT2D eigenvalue weighted by atomic mass is 10.1. The fraction of sp³-hybridized carbons (Fsp3) is 0.421. The number of pyridine rings is 1. The number of aryl methyl sites for hydroxylation is 1. The minimum atomic E-state index is -0.305. The maximum atomic E-state index is 10.4. The van der Waals surface area contributed by atoms with Crippen LogP contribution in [0.2, 0.25) is 0 Å². The molecule has 3 aromatic rings. The molecule has 7 heteroatoms. The van der Waals surface area contributed by atoms with Crippen molar-refractivity contribution in [3.8, 4) is 5.82 Å². The molecule has 1 aliphatic rings. The normalized spacial score (nSPS) is 22.8. The zero-order valence-corrected chi connectivity index (χ0v) is 14.9. The van der Waals surface area contributed by atoms with E-state index < -0.39 is 0 Å². The molecular weight excluding hydrogens is 328 g/mol. The molecule has 4 rings (SSSR count). The van der Waals surface area contributed by atoms with Crippen LogP contribution in [-0.4, -0.2) is 41.6 Å². The monoisotopic (exact) mass is 352 g/mol. The molecule has 1 unspecified atom stereocenters. The third-order valence-electron chi connectivity index (χ3n) is 5.05. The minimum absolute atomic E-state index is 0.120. The van der Waals surface area contributed by atoms with Crippen LogP contribution in [0.1, 0.15) is 24.0 Å². The minimum Gasteiger partial charge on any atom is -0.391 e. The standard InChI is InChI=1S/C19H24N6O/c1-14-7-16(11-22-19(14)25-5-2-3-23-25)10-21-17-8-15(9-18(17)26)12-24-6-4-20-13-24/h2-7,11,13,15,17-18,21,26H,8-10,12H2,1H3/t15?,17-,18-/m1/s1. The second-order valence-corrected chi connectivity index (χ2v) is 7.09. The average Bonchev–Trinajstić information content (AvgIpc) is 3.36. The fourth-order valence-corrected chi connectivity index (χ4v) is 3.78. The quantitative estimate of drug-likeness (QED) is 0.706. The zero-order valence-electron chi connectivity index (χ0n) is 14.9. The lowest BCUT2D eigenvalue weighted by molar-refractivity contribution is 0.145. The number of hydrogen-bond donors (Lipinski definition) is 2. The molecule has 0 aromatic carbocycles. The third-order valence-corrected chi connectivity index (χ3v) is 5.05. The molecule has 3 aromatic heterocycles. The van der Waals surface area contributed by atoms with Crippen LogP contribution >= 0.6 is 0 Å². The van der Waals surface area contributed by atoms with E-state index in [1.54, 1.807) is 17.1 Å². The summed E-state index contributed by atoms with van der Waals surface area (Å²) in [4.78, 5) is 8.62. The maximum absolute atomic E-state index is 10.4. The van der Waals surface area contributed by atoms with Gasteiger partial charge in [-0.25, -0.2) is 14.6 Å². The largest absolute Gasteiger partial charge is 0.391 e. The van der Waals surface area contributed by atoms with Gasteiger partial charge in [0.15, 0.2) is 5.82 Å². The number of nitrogens with zero attached hydrogens (tertiary/aromatic N) is 5. The number of imidazole rings is 1. The molecule has 3 atom stereocenters. The number of aromatic nitrogens is 5. The lowest BCUT2D eigenvalue weighted by Gasteiger charge is -2.17. The number of hydrogen-bond acceptors (Lipinski definition) is 5. The lowest BCUT2D eigenvalue weighted by Crippen LogP contribution is -2.35. The molecule has 0 aliphatic heterocycles. The predicted octanol–water partition coefficient (Wildman–Crippen LogP) is 1.70. The third kappa shape index (κ3) is 3.68. The van der Waals surface area contributed by atoms with Crippen LogP contribution in [-0.2, 0) is 13.1 Å². The molecule has 0 radical (unpaired) electrons. The molecule has 0 saturated heterocycles. The van der Waals surface area contributed by atoms with Crippen molar-refractivity contribution < 1.29 is 5.11 Å². The first-order valence-electron chi connectivity index (χ1n) is 9.02. The van der Waals surface area contributed by atoms with Gasteiger partial charge in [-0.15, -0.1) is 0 Å². The molecule has 26 heavy (non-hydrogen) atoms. The van der Waals surface area contributed by atoms with Crippen LogP contribution in [0.5, 0.6) is 0 Å². The van der Waals surface area contributed by atoms with E-state index in [1.165, 1.54) is 0 Å². The summed E-state index contributed by atoms with van der Waals surface area (Å²) in [7, 11) is 0. The highest BCUT2D eigenvalue weighted by molar-refractivity contribution is 5.34. The average molecular weight is 352 g/mol. The van der Waals surface area contributed by atoms with Gasteiger partial charge in [-0.2, -0.15) is 5.10 Å². The van der Waals surface area contributed by atoms with Crippen LogP contribution < -0.4 is 5.32 Å². The van der Waals surface area contributed by atoms with Crippen LogP contribution in [0.15, 0.2) is 49.4 Å². The summed E-state index contributed by atoms with van der Waals surface area (Å²) in [5.41, 5.74) is 2.20. The number of rotatable bonds is 6. The van der Waals surface area contributed by atoms with Crippen LogP contribution in [0, 0.1) is 12.8 Å². The van der Waals surface area contributed by atoms with Crippen molar-refractivity contribution in [2.75, 3.05) is 0 Å². The Morgan fingerprint density at radius 1 is 1.27 bits per heavy atom. The Balaban J connectivity index is 1.34. The smallest absolute Gasteiger partial charge is 0.156 e. The summed E-state index contributed by atoms with van der Waals surface area (Å²) in [5, 5.41) is 18.1. The molecule has 1 fully saturated rings. The summed E-state index contributed by atoms with van der Waals surface area (Å²) in [6.07, 6.45) is 12.6. The van der Waals surface area contributed by atoms with Gasteiger partial charge in [-0.05, 0) is 48.9 Å². The Kier molecular flexibility index (Phi) is 4.81. The first-order chi connectivity index (χ1) is 12.7. The van der Waals surface area contributed by atoms with Crippen LogP contribution in [0.3, 0.4) is 0 Å². The fourth-order valence-electron chi connectivity index (χ4n) is 3.78. The van der Waals surface area contributed by atoms with Crippen molar-refractivity contribution in [1.29, 1.82) is 0 Å². The summed E-state index contributed by atoms with van der Waals surface area (Å²) in [6, 6.07) is 4.13. The van der Waals surface area contributed by atoms with Crippen molar-refractivity contribution in [3.05, 3.63) is 60.6 Å². The van der Waals surface area contributed by atoms with E-state index >= 15 is 0 Å².